The molecule has 0 atom stereocenters. The summed E-state index contributed by atoms with van der Waals surface area (Å²) in [7, 11) is 0. The van der Waals surface area contributed by atoms with Gasteiger partial charge in [0.2, 0.25) is 0 Å². The fourth-order valence-electron chi connectivity index (χ4n) is 3.26. The fourth-order valence-corrected chi connectivity index (χ4v) is 3.43. The molecule has 144 valence electrons. The molecule has 0 aliphatic rings. The van der Waals surface area contributed by atoms with Crippen LogP contribution in [-0.2, 0) is 13.1 Å². The van der Waals surface area contributed by atoms with Gasteiger partial charge in [-0.2, -0.15) is 0 Å². The highest BCUT2D eigenvalue weighted by Crippen LogP contribution is 2.17. The number of rotatable bonds is 5. The summed E-state index contributed by atoms with van der Waals surface area (Å²) < 4.78 is 1.69. The predicted molar refractivity (Wildman–Crippen MR) is 120 cm³/mol. The third-order valence-corrected chi connectivity index (χ3v) is 4.97. The molecule has 29 heavy (non-hydrogen) atoms. The first-order valence-corrected chi connectivity index (χ1v) is 9.73. The van der Waals surface area contributed by atoms with Crippen LogP contribution in [0.4, 0.5) is 0 Å². The highest BCUT2D eigenvalue weighted by molar-refractivity contribution is 6.31. The highest BCUT2D eigenvalue weighted by Gasteiger charge is 2.11. The minimum atomic E-state index is -0.0995. The van der Waals surface area contributed by atoms with E-state index in [1.54, 1.807) is 22.8 Å². The molecular weight excluding hydrogens is 382 g/mol. The van der Waals surface area contributed by atoms with Crippen LogP contribution in [0, 0.1) is 0 Å². The van der Waals surface area contributed by atoms with E-state index < -0.39 is 0 Å². The second-order valence-corrected chi connectivity index (χ2v) is 7.23. The maximum Gasteiger partial charge on any atom is 0.261 e. The lowest BCUT2D eigenvalue weighted by Crippen LogP contribution is -2.24. The zero-order valence-corrected chi connectivity index (χ0v) is 16.5. The van der Waals surface area contributed by atoms with Gasteiger partial charge in [0, 0.05) is 11.6 Å². The molecule has 1 aromatic heterocycles. The smallest absolute Gasteiger partial charge is 0.261 e. The van der Waals surface area contributed by atoms with E-state index in [0.717, 1.165) is 16.7 Å². The number of nitrogens with zero attached hydrogens (tertiary/aromatic N) is 2. The maximum atomic E-state index is 13.3. The molecule has 2 N–H and O–H groups in total. The van der Waals surface area contributed by atoms with Gasteiger partial charge in [-0.25, -0.2) is 4.98 Å². The molecule has 5 heteroatoms. The van der Waals surface area contributed by atoms with E-state index in [9.17, 15) is 4.79 Å². The zero-order valence-electron chi connectivity index (χ0n) is 15.8. The van der Waals surface area contributed by atoms with Gasteiger partial charge < -0.3 is 5.73 Å². The van der Waals surface area contributed by atoms with Gasteiger partial charge in [0.15, 0.2) is 0 Å². The Bertz CT molecular complexity index is 1250. The molecule has 3 aromatic carbocycles. The minimum Gasteiger partial charge on any atom is -0.326 e. The largest absolute Gasteiger partial charge is 0.326 e. The molecular formula is C24H20ClN3O. The average Bonchev–Trinajstić information content (AvgIpc) is 2.75. The Hall–Kier alpha value is -3.21. The summed E-state index contributed by atoms with van der Waals surface area (Å²) in [6, 6.07) is 23.0. The first-order valence-electron chi connectivity index (χ1n) is 9.35. The number of benzene rings is 3. The SMILES string of the molecule is NCc1cccc(Cn2c(/C=C/c3ccccc3)nc3cc(Cl)ccc3c2=O)c1. The monoisotopic (exact) mass is 401 g/mol. The zero-order chi connectivity index (χ0) is 20.2. The molecule has 1 heterocycles. The number of fused-ring (bicyclic) bond motifs is 1. The van der Waals surface area contributed by atoms with Gasteiger partial charge in [-0.05, 0) is 41.0 Å². The molecule has 0 radical (unpaired) electrons. The fraction of sp³-hybridized carbons (Fsp3) is 0.0833. The lowest BCUT2D eigenvalue weighted by Gasteiger charge is -2.12. The second kappa shape index (κ2) is 8.43. The Labute approximate surface area is 173 Å². The van der Waals surface area contributed by atoms with Crippen molar-refractivity contribution in [2.75, 3.05) is 0 Å². The van der Waals surface area contributed by atoms with Crippen LogP contribution in [0.15, 0.2) is 77.6 Å². The van der Waals surface area contributed by atoms with Gasteiger partial charge in [-0.1, -0.05) is 72.3 Å². The Morgan fingerprint density at radius 2 is 1.72 bits per heavy atom. The Balaban J connectivity index is 1.85. The number of aromatic nitrogens is 2. The summed E-state index contributed by atoms with van der Waals surface area (Å²) in [5.41, 5.74) is 9.31. The molecule has 4 aromatic rings. The molecule has 4 nitrogen and oxygen atoms in total. The molecule has 0 aliphatic carbocycles. The normalized spacial score (nSPS) is 11.4. The van der Waals surface area contributed by atoms with Crippen LogP contribution in [0.1, 0.15) is 22.5 Å². The van der Waals surface area contributed by atoms with Crippen molar-refractivity contribution >= 4 is 34.7 Å². The summed E-state index contributed by atoms with van der Waals surface area (Å²) in [6.45, 7) is 0.866. The van der Waals surface area contributed by atoms with Crippen LogP contribution in [0.3, 0.4) is 0 Å². The summed E-state index contributed by atoms with van der Waals surface area (Å²) in [4.78, 5) is 18.0. The van der Waals surface area contributed by atoms with Crippen LogP contribution in [-0.4, -0.2) is 9.55 Å². The van der Waals surface area contributed by atoms with Crippen molar-refractivity contribution in [2.45, 2.75) is 13.1 Å². The third-order valence-electron chi connectivity index (χ3n) is 4.74. The topological polar surface area (TPSA) is 60.9 Å². The van der Waals surface area contributed by atoms with Crippen LogP contribution < -0.4 is 11.3 Å². The van der Waals surface area contributed by atoms with Crippen molar-refractivity contribution in [1.29, 1.82) is 0 Å². The second-order valence-electron chi connectivity index (χ2n) is 6.79. The van der Waals surface area contributed by atoms with Crippen LogP contribution in [0.2, 0.25) is 5.02 Å². The summed E-state index contributed by atoms with van der Waals surface area (Å²) in [6.07, 6.45) is 3.81. The summed E-state index contributed by atoms with van der Waals surface area (Å²) in [5.74, 6) is 0.576. The van der Waals surface area contributed by atoms with E-state index in [2.05, 4.69) is 0 Å². The van der Waals surface area contributed by atoms with Gasteiger partial charge in [0.05, 0.1) is 17.4 Å². The molecule has 0 spiro atoms. The number of nitrogens with two attached hydrogens (primary N) is 1. The molecule has 4 rings (SSSR count). The van der Waals surface area contributed by atoms with Crippen molar-refractivity contribution < 1.29 is 0 Å². The van der Waals surface area contributed by atoms with Crippen molar-refractivity contribution in [3.05, 3.63) is 111 Å². The van der Waals surface area contributed by atoms with Crippen LogP contribution in [0.25, 0.3) is 23.1 Å². The Kier molecular flexibility index (Phi) is 5.56. The van der Waals surface area contributed by atoms with Crippen molar-refractivity contribution in [2.24, 2.45) is 5.73 Å². The van der Waals surface area contributed by atoms with Gasteiger partial charge in [-0.15, -0.1) is 0 Å². The predicted octanol–water partition coefficient (Wildman–Crippen LogP) is 4.73. The highest BCUT2D eigenvalue weighted by atomic mass is 35.5. The lowest BCUT2D eigenvalue weighted by molar-refractivity contribution is 0.737. The lowest BCUT2D eigenvalue weighted by atomic mass is 10.1. The molecule has 0 saturated carbocycles. The number of hydrogen-bond donors (Lipinski definition) is 1. The van der Waals surface area contributed by atoms with Crippen LogP contribution >= 0.6 is 11.6 Å². The first-order chi connectivity index (χ1) is 14.1. The molecule has 0 fully saturated rings. The maximum absolute atomic E-state index is 13.3. The van der Waals surface area contributed by atoms with Gasteiger partial charge >= 0.3 is 0 Å². The van der Waals surface area contributed by atoms with Crippen molar-refractivity contribution in [3.63, 3.8) is 0 Å². The molecule has 0 bridgehead atoms. The Morgan fingerprint density at radius 1 is 0.931 bits per heavy atom. The first kappa shape index (κ1) is 19.1. The summed E-state index contributed by atoms with van der Waals surface area (Å²) in [5, 5.41) is 1.09. The molecule has 0 amide bonds. The van der Waals surface area contributed by atoms with E-state index >= 15 is 0 Å². The van der Waals surface area contributed by atoms with E-state index in [-0.39, 0.29) is 5.56 Å². The van der Waals surface area contributed by atoms with Gasteiger partial charge in [0.1, 0.15) is 5.82 Å². The van der Waals surface area contributed by atoms with Gasteiger partial charge in [0.25, 0.3) is 5.56 Å². The third kappa shape index (κ3) is 4.29. The van der Waals surface area contributed by atoms with E-state index in [4.69, 9.17) is 22.3 Å². The van der Waals surface area contributed by atoms with E-state index in [1.807, 2.05) is 66.7 Å². The quantitative estimate of drug-likeness (QED) is 0.526. The van der Waals surface area contributed by atoms with Crippen molar-refractivity contribution in [1.82, 2.24) is 9.55 Å². The van der Waals surface area contributed by atoms with Crippen molar-refractivity contribution in [3.8, 4) is 0 Å². The standard InChI is InChI=1S/C24H20ClN3O/c25-20-10-11-21-22(14-20)27-23(12-9-17-5-2-1-3-6-17)28(24(21)29)16-19-8-4-7-18(13-19)15-26/h1-14H,15-16,26H2/b12-9+. The summed E-state index contributed by atoms with van der Waals surface area (Å²) >= 11 is 6.12. The molecule has 0 saturated heterocycles. The van der Waals surface area contributed by atoms with Crippen LogP contribution in [0.5, 0.6) is 0 Å². The molecule has 0 aliphatic heterocycles. The number of halogens is 1. The van der Waals surface area contributed by atoms with Gasteiger partial charge in [-0.3, -0.25) is 9.36 Å². The molecule has 0 unspecified atom stereocenters. The average molecular weight is 402 g/mol. The van der Waals surface area contributed by atoms with E-state index in [0.29, 0.717) is 34.8 Å². The van der Waals surface area contributed by atoms with E-state index in [1.165, 1.54) is 0 Å². The number of hydrogen-bond acceptors (Lipinski definition) is 3. The minimum absolute atomic E-state index is 0.0995. The Morgan fingerprint density at radius 3 is 2.52 bits per heavy atom.